The van der Waals surface area contributed by atoms with E-state index in [1.807, 2.05) is 6.08 Å². The van der Waals surface area contributed by atoms with Crippen LogP contribution in [0, 0.1) is 11.3 Å². The molecule has 0 fully saturated rings. The highest BCUT2D eigenvalue weighted by molar-refractivity contribution is 4.72. The van der Waals surface area contributed by atoms with Gasteiger partial charge in [0.2, 0.25) is 0 Å². The third-order valence-electron chi connectivity index (χ3n) is 2.52. The minimum Gasteiger partial charge on any atom is -0.344 e. The zero-order chi connectivity index (χ0) is 8.91. The van der Waals surface area contributed by atoms with Gasteiger partial charge in [0.1, 0.15) is 0 Å². The summed E-state index contributed by atoms with van der Waals surface area (Å²) in [5, 5.41) is 0. The van der Waals surface area contributed by atoms with Crippen LogP contribution in [0.4, 0.5) is 0 Å². The molecule has 0 bridgehead atoms. The first-order chi connectivity index (χ1) is 4.98. The molecule has 1 unspecified atom stereocenters. The van der Waals surface area contributed by atoms with Gasteiger partial charge in [-0.3, -0.25) is 0 Å². The van der Waals surface area contributed by atoms with Crippen LogP contribution < -0.4 is 6.15 Å². The van der Waals surface area contributed by atoms with Crippen molar-refractivity contribution >= 4 is 0 Å². The summed E-state index contributed by atoms with van der Waals surface area (Å²) in [5.74, 6) is 0.822. The van der Waals surface area contributed by atoms with Crippen molar-refractivity contribution in [3.63, 3.8) is 0 Å². The summed E-state index contributed by atoms with van der Waals surface area (Å²) in [7, 11) is 0. The van der Waals surface area contributed by atoms with Crippen LogP contribution in [0.3, 0.4) is 0 Å². The molecule has 0 saturated carbocycles. The fourth-order valence-electron chi connectivity index (χ4n) is 1.00. The fraction of sp³-hybridized carbons (Fsp3) is 0.818. The van der Waals surface area contributed by atoms with Crippen LogP contribution >= 0.6 is 0 Å². The standard InChI is InChI=1S/C11H22.H3N/c1-6-7-8-9-10(2)11(3,4)5;/h6,10H,1,7-9H2,2-5H3;1H3. The lowest BCUT2D eigenvalue weighted by Crippen LogP contribution is -2.16. The number of unbranched alkanes of at least 4 members (excludes halogenated alkanes) is 1. The molecule has 74 valence electrons. The summed E-state index contributed by atoms with van der Waals surface area (Å²) in [6.45, 7) is 13.0. The first kappa shape index (κ1) is 14.2. The third-order valence-corrected chi connectivity index (χ3v) is 2.52. The molecule has 1 heteroatoms. The van der Waals surface area contributed by atoms with Gasteiger partial charge in [0, 0.05) is 0 Å². The monoisotopic (exact) mass is 171 g/mol. The van der Waals surface area contributed by atoms with Crippen molar-refractivity contribution in [2.45, 2.75) is 47.0 Å². The average Bonchev–Trinajstić information content (AvgIpc) is 1.86. The van der Waals surface area contributed by atoms with Gasteiger partial charge in [-0.1, -0.05) is 33.8 Å². The average molecular weight is 171 g/mol. The van der Waals surface area contributed by atoms with E-state index in [-0.39, 0.29) is 6.15 Å². The number of rotatable bonds is 4. The Bertz CT molecular complexity index is 111. The normalized spacial score (nSPS) is 13.3. The highest BCUT2D eigenvalue weighted by Crippen LogP contribution is 2.29. The molecule has 1 atom stereocenters. The molecule has 0 aliphatic carbocycles. The van der Waals surface area contributed by atoms with Crippen molar-refractivity contribution in [1.29, 1.82) is 0 Å². The SMILES string of the molecule is C=CCCCC(C)C(C)(C)C.N. The molecule has 0 aromatic carbocycles. The van der Waals surface area contributed by atoms with Gasteiger partial charge in [-0.05, 0) is 30.6 Å². The minimum absolute atomic E-state index is 0. The second-order valence-corrected chi connectivity index (χ2v) is 4.49. The second kappa shape index (κ2) is 6.24. The Morgan fingerprint density at radius 3 is 2.17 bits per heavy atom. The van der Waals surface area contributed by atoms with Crippen molar-refractivity contribution in [3.8, 4) is 0 Å². The summed E-state index contributed by atoms with van der Waals surface area (Å²) in [4.78, 5) is 0. The lowest BCUT2D eigenvalue weighted by Gasteiger charge is -2.26. The van der Waals surface area contributed by atoms with E-state index >= 15 is 0 Å². The van der Waals surface area contributed by atoms with Gasteiger partial charge in [0.15, 0.2) is 0 Å². The Labute approximate surface area is 77.8 Å². The first-order valence-electron chi connectivity index (χ1n) is 4.59. The summed E-state index contributed by atoms with van der Waals surface area (Å²) < 4.78 is 0. The van der Waals surface area contributed by atoms with Gasteiger partial charge in [0.05, 0.1) is 0 Å². The molecule has 1 nitrogen and oxygen atoms in total. The molecule has 3 N–H and O–H groups in total. The predicted octanol–water partition coefficient (Wildman–Crippen LogP) is 4.19. The van der Waals surface area contributed by atoms with E-state index < -0.39 is 0 Å². The Balaban J connectivity index is 0. The topological polar surface area (TPSA) is 35.0 Å². The van der Waals surface area contributed by atoms with Gasteiger partial charge >= 0.3 is 0 Å². The molecule has 0 heterocycles. The molecule has 0 spiro atoms. The highest BCUT2D eigenvalue weighted by atomic mass is 14.2. The maximum Gasteiger partial charge on any atom is -0.0353 e. The lowest BCUT2D eigenvalue weighted by molar-refractivity contribution is 0.243. The summed E-state index contributed by atoms with van der Waals surface area (Å²) in [6, 6.07) is 0. The van der Waals surface area contributed by atoms with E-state index in [4.69, 9.17) is 0 Å². The van der Waals surface area contributed by atoms with Crippen LogP contribution in [0.5, 0.6) is 0 Å². The summed E-state index contributed by atoms with van der Waals surface area (Å²) >= 11 is 0. The van der Waals surface area contributed by atoms with E-state index in [2.05, 4.69) is 34.3 Å². The van der Waals surface area contributed by atoms with Crippen LogP contribution in [0.2, 0.25) is 0 Å². The van der Waals surface area contributed by atoms with E-state index in [1.54, 1.807) is 0 Å². The lowest BCUT2D eigenvalue weighted by atomic mass is 9.79. The molecular weight excluding hydrogens is 146 g/mol. The van der Waals surface area contributed by atoms with Crippen molar-refractivity contribution in [2.24, 2.45) is 11.3 Å². The van der Waals surface area contributed by atoms with Crippen LogP contribution in [-0.2, 0) is 0 Å². The van der Waals surface area contributed by atoms with Crippen molar-refractivity contribution < 1.29 is 0 Å². The van der Waals surface area contributed by atoms with Crippen LogP contribution in [0.25, 0.3) is 0 Å². The number of hydrogen-bond acceptors (Lipinski definition) is 1. The number of hydrogen-bond donors (Lipinski definition) is 1. The summed E-state index contributed by atoms with van der Waals surface area (Å²) in [5.41, 5.74) is 0.473. The number of allylic oxidation sites excluding steroid dienone is 1. The first-order valence-corrected chi connectivity index (χ1v) is 4.59. The predicted molar refractivity (Wildman–Crippen MR) is 57.7 cm³/mol. The van der Waals surface area contributed by atoms with Gasteiger partial charge in [0.25, 0.3) is 0 Å². The molecule has 12 heavy (non-hydrogen) atoms. The maximum absolute atomic E-state index is 3.72. The van der Waals surface area contributed by atoms with Gasteiger partial charge in [-0.15, -0.1) is 6.58 Å². The minimum atomic E-state index is 0. The second-order valence-electron chi connectivity index (χ2n) is 4.49. The van der Waals surface area contributed by atoms with Crippen molar-refractivity contribution in [3.05, 3.63) is 12.7 Å². The van der Waals surface area contributed by atoms with Gasteiger partial charge < -0.3 is 6.15 Å². The fourth-order valence-corrected chi connectivity index (χ4v) is 1.00. The Morgan fingerprint density at radius 1 is 1.33 bits per heavy atom. The van der Waals surface area contributed by atoms with Crippen LogP contribution in [0.1, 0.15) is 47.0 Å². The largest absolute Gasteiger partial charge is 0.344 e. The maximum atomic E-state index is 3.72. The van der Waals surface area contributed by atoms with Crippen LogP contribution in [0.15, 0.2) is 12.7 Å². The zero-order valence-corrected chi connectivity index (χ0v) is 9.19. The molecule has 0 saturated heterocycles. The van der Waals surface area contributed by atoms with Gasteiger partial charge in [-0.2, -0.15) is 0 Å². The Morgan fingerprint density at radius 2 is 1.83 bits per heavy atom. The van der Waals surface area contributed by atoms with E-state index in [9.17, 15) is 0 Å². The highest BCUT2D eigenvalue weighted by Gasteiger charge is 2.18. The zero-order valence-electron chi connectivity index (χ0n) is 9.19. The smallest absolute Gasteiger partial charge is 0.0353 e. The quantitative estimate of drug-likeness (QED) is 0.499. The molecule has 0 radical (unpaired) electrons. The summed E-state index contributed by atoms with van der Waals surface area (Å²) in [6.07, 6.45) is 5.80. The molecule has 0 aliphatic rings. The van der Waals surface area contributed by atoms with E-state index in [0.29, 0.717) is 5.41 Å². The third kappa shape index (κ3) is 6.41. The van der Waals surface area contributed by atoms with Crippen molar-refractivity contribution in [1.82, 2.24) is 6.15 Å². The van der Waals surface area contributed by atoms with Crippen LogP contribution in [-0.4, -0.2) is 0 Å². The molecule has 0 amide bonds. The molecule has 0 aromatic rings. The van der Waals surface area contributed by atoms with E-state index in [1.165, 1.54) is 19.3 Å². The van der Waals surface area contributed by atoms with E-state index in [0.717, 1.165) is 5.92 Å². The molecular formula is C11H25N. The molecule has 0 aliphatic heterocycles. The Hall–Kier alpha value is -0.300. The van der Waals surface area contributed by atoms with Crippen molar-refractivity contribution in [2.75, 3.05) is 0 Å². The molecule has 0 aromatic heterocycles. The van der Waals surface area contributed by atoms with Gasteiger partial charge in [-0.25, -0.2) is 0 Å². The Kier molecular flexibility index (Phi) is 7.41. The molecule has 0 rings (SSSR count).